The van der Waals surface area contributed by atoms with Gasteiger partial charge >= 0.3 is 6.18 Å². The summed E-state index contributed by atoms with van der Waals surface area (Å²) < 4.78 is 37.9. The van der Waals surface area contributed by atoms with E-state index in [2.05, 4.69) is 15.3 Å². The van der Waals surface area contributed by atoms with Crippen molar-refractivity contribution in [3.8, 4) is 0 Å². The number of pyridine rings is 2. The number of hydrogen-bond acceptors (Lipinski definition) is 3. The Morgan fingerprint density at radius 3 is 2.58 bits per heavy atom. The third kappa shape index (κ3) is 3.19. The maximum absolute atomic E-state index is 12.6. The molecule has 0 atom stereocenters. The predicted molar refractivity (Wildman–Crippen MR) is 83.7 cm³/mol. The third-order valence-corrected chi connectivity index (χ3v) is 3.47. The number of alkyl halides is 3. The Hall–Kier alpha value is -2.96. The second kappa shape index (κ2) is 5.92. The molecule has 24 heavy (non-hydrogen) atoms. The minimum absolute atomic E-state index is 0.0103. The molecule has 0 spiro atoms. The fraction of sp³-hybridized carbons (Fsp3) is 0.118. The van der Waals surface area contributed by atoms with Gasteiger partial charge in [-0.25, -0.2) is 4.98 Å². The molecule has 0 unspecified atom stereocenters. The van der Waals surface area contributed by atoms with Crippen LogP contribution in [0.25, 0.3) is 10.9 Å². The first-order chi connectivity index (χ1) is 11.3. The molecule has 4 nitrogen and oxygen atoms in total. The second-order valence-corrected chi connectivity index (χ2v) is 5.20. The normalized spacial score (nSPS) is 11.5. The Balaban J connectivity index is 1.86. The van der Waals surface area contributed by atoms with Crippen LogP contribution in [0.15, 0.2) is 48.7 Å². The summed E-state index contributed by atoms with van der Waals surface area (Å²) in [5.74, 6) is -0.536. The van der Waals surface area contributed by atoms with Gasteiger partial charge in [0.15, 0.2) is 0 Å². The third-order valence-electron chi connectivity index (χ3n) is 3.47. The summed E-state index contributed by atoms with van der Waals surface area (Å²) in [4.78, 5) is 19.9. The summed E-state index contributed by atoms with van der Waals surface area (Å²) >= 11 is 0. The molecule has 1 amide bonds. The van der Waals surface area contributed by atoms with Crippen LogP contribution in [-0.4, -0.2) is 15.9 Å². The largest absolute Gasteiger partial charge is 0.433 e. The average Bonchev–Trinajstić information content (AvgIpc) is 2.53. The van der Waals surface area contributed by atoms with E-state index < -0.39 is 17.8 Å². The van der Waals surface area contributed by atoms with Gasteiger partial charge in [-0.15, -0.1) is 0 Å². The molecule has 2 aromatic heterocycles. The van der Waals surface area contributed by atoms with Crippen LogP contribution in [0.2, 0.25) is 0 Å². The molecule has 0 aliphatic rings. The van der Waals surface area contributed by atoms with Crippen LogP contribution in [0.5, 0.6) is 0 Å². The van der Waals surface area contributed by atoms with Crippen LogP contribution >= 0.6 is 0 Å². The minimum atomic E-state index is -4.54. The van der Waals surface area contributed by atoms with Gasteiger partial charge in [0.05, 0.1) is 28.7 Å². The van der Waals surface area contributed by atoms with Crippen LogP contribution < -0.4 is 5.32 Å². The number of nitrogens with one attached hydrogen (secondary N) is 1. The first-order valence-electron chi connectivity index (χ1n) is 7.05. The number of halogens is 3. The molecule has 0 saturated heterocycles. The molecular formula is C17H12F3N3O. The number of para-hydroxylation sites is 1. The number of aryl methyl sites for hydroxylation is 1. The van der Waals surface area contributed by atoms with Gasteiger partial charge in [-0.05, 0) is 31.2 Å². The molecular weight excluding hydrogens is 319 g/mol. The summed E-state index contributed by atoms with van der Waals surface area (Å²) in [6, 6.07) is 11.0. The number of carbonyl (C=O) groups excluding carboxylic acids is 1. The smallest absolute Gasteiger partial charge is 0.321 e. The van der Waals surface area contributed by atoms with Crippen molar-refractivity contribution in [1.29, 1.82) is 0 Å². The topological polar surface area (TPSA) is 54.9 Å². The summed E-state index contributed by atoms with van der Waals surface area (Å²) in [5, 5.41) is 3.47. The van der Waals surface area contributed by atoms with E-state index in [0.29, 0.717) is 5.69 Å². The lowest BCUT2D eigenvalue weighted by Gasteiger charge is -2.10. The van der Waals surface area contributed by atoms with Crippen LogP contribution in [0.4, 0.5) is 18.9 Å². The zero-order chi connectivity index (χ0) is 17.3. The summed E-state index contributed by atoms with van der Waals surface area (Å²) in [7, 11) is 0. The number of aromatic nitrogens is 2. The molecule has 0 radical (unpaired) electrons. The van der Waals surface area contributed by atoms with Gasteiger partial charge < -0.3 is 5.32 Å². The van der Waals surface area contributed by atoms with E-state index in [9.17, 15) is 18.0 Å². The van der Waals surface area contributed by atoms with E-state index >= 15 is 0 Å². The highest BCUT2D eigenvalue weighted by Gasteiger charge is 2.33. The highest BCUT2D eigenvalue weighted by atomic mass is 19.4. The van der Waals surface area contributed by atoms with Crippen LogP contribution in [0.1, 0.15) is 21.7 Å². The minimum Gasteiger partial charge on any atom is -0.321 e. The van der Waals surface area contributed by atoms with Crippen molar-refractivity contribution in [3.05, 3.63) is 65.6 Å². The van der Waals surface area contributed by atoms with Gasteiger partial charge in [0, 0.05) is 5.39 Å². The lowest BCUT2D eigenvalue weighted by Crippen LogP contribution is -2.16. The van der Waals surface area contributed by atoms with E-state index in [1.807, 2.05) is 24.3 Å². The SMILES string of the molecule is Cc1nc(C(F)(F)F)ccc1C(=O)Nc1cnc2ccccc2c1. The monoisotopic (exact) mass is 331 g/mol. The number of hydrogen-bond donors (Lipinski definition) is 1. The number of amides is 1. The zero-order valence-corrected chi connectivity index (χ0v) is 12.6. The molecule has 0 aliphatic heterocycles. The highest BCUT2D eigenvalue weighted by molar-refractivity contribution is 6.05. The first kappa shape index (κ1) is 15.9. The number of anilines is 1. The van der Waals surface area contributed by atoms with E-state index in [0.717, 1.165) is 23.0 Å². The molecule has 3 rings (SSSR count). The standard InChI is InChI=1S/C17H12F3N3O/c1-10-13(6-7-15(22-10)17(18,19)20)16(24)23-12-8-11-4-2-3-5-14(11)21-9-12/h2-9H,1H3,(H,23,24). The Labute approximate surface area is 135 Å². The molecule has 0 saturated carbocycles. The Bertz CT molecular complexity index is 922. The van der Waals surface area contributed by atoms with Crippen molar-refractivity contribution in [2.75, 3.05) is 5.32 Å². The van der Waals surface area contributed by atoms with Gasteiger partial charge in [-0.2, -0.15) is 13.2 Å². The molecule has 0 bridgehead atoms. The molecule has 3 aromatic rings. The fourth-order valence-electron chi connectivity index (χ4n) is 2.30. The molecule has 0 fully saturated rings. The molecule has 1 N–H and O–H groups in total. The van der Waals surface area contributed by atoms with Crippen LogP contribution in [-0.2, 0) is 6.18 Å². The van der Waals surface area contributed by atoms with Crippen molar-refractivity contribution in [1.82, 2.24) is 9.97 Å². The number of fused-ring (bicyclic) bond motifs is 1. The maximum atomic E-state index is 12.6. The van der Waals surface area contributed by atoms with Crippen molar-refractivity contribution in [2.24, 2.45) is 0 Å². The average molecular weight is 331 g/mol. The molecule has 1 aromatic carbocycles. The number of carbonyl (C=O) groups is 1. The summed E-state index contributed by atoms with van der Waals surface area (Å²) in [5.41, 5.74) is 0.303. The van der Waals surface area contributed by atoms with Gasteiger partial charge in [-0.1, -0.05) is 18.2 Å². The molecule has 0 aliphatic carbocycles. The van der Waals surface area contributed by atoms with Crippen molar-refractivity contribution in [3.63, 3.8) is 0 Å². The fourth-order valence-corrected chi connectivity index (χ4v) is 2.30. The molecule has 2 heterocycles. The van der Waals surface area contributed by atoms with Crippen molar-refractivity contribution < 1.29 is 18.0 Å². The number of benzene rings is 1. The van der Waals surface area contributed by atoms with Crippen molar-refractivity contribution in [2.45, 2.75) is 13.1 Å². The highest BCUT2D eigenvalue weighted by Crippen LogP contribution is 2.28. The zero-order valence-electron chi connectivity index (χ0n) is 12.6. The predicted octanol–water partition coefficient (Wildman–Crippen LogP) is 4.21. The van der Waals surface area contributed by atoms with E-state index in [-0.39, 0.29) is 11.3 Å². The van der Waals surface area contributed by atoms with Gasteiger partial charge in [0.1, 0.15) is 5.69 Å². The van der Waals surface area contributed by atoms with Gasteiger partial charge in [0.25, 0.3) is 5.91 Å². The van der Waals surface area contributed by atoms with Crippen LogP contribution in [0, 0.1) is 6.92 Å². The lowest BCUT2D eigenvalue weighted by atomic mass is 10.1. The Morgan fingerprint density at radius 2 is 1.88 bits per heavy atom. The van der Waals surface area contributed by atoms with Gasteiger partial charge in [0.2, 0.25) is 0 Å². The Morgan fingerprint density at radius 1 is 1.12 bits per heavy atom. The summed E-state index contributed by atoms with van der Waals surface area (Å²) in [6.45, 7) is 1.36. The van der Waals surface area contributed by atoms with E-state index in [1.54, 1.807) is 6.07 Å². The molecule has 122 valence electrons. The maximum Gasteiger partial charge on any atom is 0.433 e. The quantitative estimate of drug-likeness (QED) is 0.765. The molecule has 7 heteroatoms. The first-order valence-corrected chi connectivity index (χ1v) is 7.05. The van der Waals surface area contributed by atoms with E-state index in [1.165, 1.54) is 13.1 Å². The number of nitrogens with zero attached hydrogens (tertiary/aromatic N) is 2. The Kier molecular flexibility index (Phi) is 3.92. The van der Waals surface area contributed by atoms with Crippen LogP contribution in [0.3, 0.4) is 0 Å². The summed E-state index contributed by atoms with van der Waals surface area (Å²) in [6.07, 6.45) is -3.05. The van der Waals surface area contributed by atoms with Crippen molar-refractivity contribution >= 4 is 22.5 Å². The van der Waals surface area contributed by atoms with Gasteiger partial charge in [-0.3, -0.25) is 9.78 Å². The van der Waals surface area contributed by atoms with E-state index in [4.69, 9.17) is 0 Å². The number of rotatable bonds is 2. The second-order valence-electron chi connectivity index (χ2n) is 5.20. The lowest BCUT2D eigenvalue weighted by molar-refractivity contribution is -0.141.